The number of halogens is 1. The number of Topliss-reactive ketones (excluding diaryl/α,β-unsaturated/α-hetero) is 1. The molecule has 0 radical (unpaired) electrons. The number of amides is 1. The lowest BCUT2D eigenvalue weighted by Gasteiger charge is -2.13. The molecular weight excluding hydrogens is 362 g/mol. The summed E-state index contributed by atoms with van der Waals surface area (Å²) in [6.45, 7) is -0.0610. The van der Waals surface area contributed by atoms with Gasteiger partial charge in [-0.05, 0) is 17.7 Å². The molecule has 1 saturated heterocycles. The largest absolute Gasteiger partial charge is 0.292 e. The molecule has 1 aliphatic rings. The Labute approximate surface area is 154 Å². The molecule has 1 aliphatic heterocycles. The van der Waals surface area contributed by atoms with E-state index < -0.39 is 0 Å². The van der Waals surface area contributed by atoms with E-state index in [1.165, 1.54) is 16.7 Å². The van der Waals surface area contributed by atoms with Crippen molar-refractivity contribution >= 4 is 57.7 Å². The topological polar surface area (TPSA) is 37.4 Å². The molecule has 0 aromatic heterocycles. The van der Waals surface area contributed by atoms with Gasteiger partial charge in [-0.3, -0.25) is 14.5 Å². The van der Waals surface area contributed by atoms with E-state index in [1.54, 1.807) is 36.4 Å². The van der Waals surface area contributed by atoms with Gasteiger partial charge in [0.2, 0.25) is 0 Å². The molecule has 24 heavy (non-hydrogen) atoms. The normalized spacial score (nSPS) is 16.0. The molecule has 2 aromatic carbocycles. The minimum atomic E-state index is -0.269. The highest BCUT2D eigenvalue weighted by molar-refractivity contribution is 8.26. The lowest BCUT2D eigenvalue weighted by molar-refractivity contribution is -0.121. The van der Waals surface area contributed by atoms with Crippen molar-refractivity contribution in [2.75, 3.05) is 6.54 Å². The molecule has 0 aliphatic carbocycles. The van der Waals surface area contributed by atoms with Gasteiger partial charge in [0.25, 0.3) is 5.91 Å². The summed E-state index contributed by atoms with van der Waals surface area (Å²) in [5.41, 5.74) is 1.30. The average Bonchev–Trinajstić information content (AvgIpc) is 2.85. The number of ketones is 1. The monoisotopic (exact) mass is 373 g/mol. The van der Waals surface area contributed by atoms with Crippen LogP contribution in [0.1, 0.15) is 15.9 Å². The van der Waals surface area contributed by atoms with Crippen molar-refractivity contribution in [2.45, 2.75) is 0 Å². The molecule has 1 heterocycles. The van der Waals surface area contributed by atoms with Crippen LogP contribution in [0.5, 0.6) is 0 Å². The molecule has 0 N–H and O–H groups in total. The summed E-state index contributed by atoms with van der Waals surface area (Å²) in [5, 5.41) is 0.558. The van der Waals surface area contributed by atoms with Crippen molar-refractivity contribution < 1.29 is 9.59 Å². The number of rotatable bonds is 4. The first kappa shape index (κ1) is 16.9. The first-order chi connectivity index (χ1) is 11.6. The van der Waals surface area contributed by atoms with Gasteiger partial charge in [0.1, 0.15) is 4.32 Å². The number of nitrogens with zero attached hydrogens (tertiary/aromatic N) is 1. The second kappa shape index (κ2) is 7.30. The minimum absolute atomic E-state index is 0.0610. The number of carbonyl (C=O) groups excluding carboxylic acids is 2. The van der Waals surface area contributed by atoms with Crippen LogP contribution in [0.25, 0.3) is 6.08 Å². The third-order valence-electron chi connectivity index (χ3n) is 3.46. The van der Waals surface area contributed by atoms with Crippen LogP contribution in [-0.4, -0.2) is 27.5 Å². The lowest BCUT2D eigenvalue weighted by Crippen LogP contribution is -2.33. The Hall–Kier alpha value is -1.95. The van der Waals surface area contributed by atoms with Crippen molar-refractivity contribution in [1.82, 2.24) is 4.90 Å². The fourth-order valence-electron chi connectivity index (χ4n) is 2.23. The summed E-state index contributed by atoms with van der Waals surface area (Å²) in [5.74, 6) is -0.417. The maximum absolute atomic E-state index is 12.6. The van der Waals surface area contributed by atoms with Crippen molar-refractivity contribution in [3.8, 4) is 0 Å². The molecule has 3 nitrogen and oxygen atoms in total. The number of benzene rings is 2. The Bertz CT molecular complexity index is 849. The highest BCUT2D eigenvalue weighted by Gasteiger charge is 2.33. The number of hydrogen-bond acceptors (Lipinski definition) is 4. The van der Waals surface area contributed by atoms with E-state index in [9.17, 15) is 9.59 Å². The van der Waals surface area contributed by atoms with Crippen molar-refractivity contribution in [3.63, 3.8) is 0 Å². The summed E-state index contributed by atoms with van der Waals surface area (Å²) in [6, 6.07) is 16.1. The van der Waals surface area contributed by atoms with E-state index in [1.807, 2.05) is 24.3 Å². The van der Waals surface area contributed by atoms with Gasteiger partial charge in [-0.1, -0.05) is 84.1 Å². The fourth-order valence-corrected chi connectivity index (χ4v) is 3.66. The Morgan fingerprint density at radius 3 is 2.50 bits per heavy atom. The molecular formula is C18H12ClNO2S2. The van der Waals surface area contributed by atoms with Crippen LogP contribution in [0, 0.1) is 0 Å². The second-order valence-corrected chi connectivity index (χ2v) is 7.16. The third-order valence-corrected chi connectivity index (χ3v) is 5.18. The van der Waals surface area contributed by atoms with E-state index in [-0.39, 0.29) is 18.2 Å². The molecule has 1 amide bonds. The quantitative estimate of drug-likeness (QED) is 0.451. The van der Waals surface area contributed by atoms with E-state index >= 15 is 0 Å². The highest BCUT2D eigenvalue weighted by Crippen LogP contribution is 2.33. The van der Waals surface area contributed by atoms with E-state index in [0.29, 0.717) is 19.8 Å². The smallest absolute Gasteiger partial charge is 0.266 e. The van der Waals surface area contributed by atoms with Gasteiger partial charge in [-0.25, -0.2) is 0 Å². The Kier molecular flexibility index (Phi) is 5.14. The maximum atomic E-state index is 12.6. The van der Waals surface area contributed by atoms with Gasteiger partial charge in [0, 0.05) is 10.6 Å². The predicted molar refractivity (Wildman–Crippen MR) is 102 cm³/mol. The van der Waals surface area contributed by atoms with Gasteiger partial charge in [0.15, 0.2) is 5.78 Å². The van der Waals surface area contributed by atoms with Crippen LogP contribution in [0.3, 0.4) is 0 Å². The van der Waals surface area contributed by atoms with Crippen LogP contribution in [-0.2, 0) is 4.79 Å². The lowest BCUT2D eigenvalue weighted by atomic mass is 10.1. The second-order valence-electron chi connectivity index (χ2n) is 5.08. The van der Waals surface area contributed by atoms with Gasteiger partial charge in [-0.2, -0.15) is 0 Å². The molecule has 0 unspecified atom stereocenters. The van der Waals surface area contributed by atoms with Crippen molar-refractivity contribution in [1.29, 1.82) is 0 Å². The SMILES string of the molecule is O=C(CN1C(=O)/C(=C\c2ccccc2Cl)SC1=S)c1ccccc1. The van der Waals surface area contributed by atoms with Gasteiger partial charge < -0.3 is 0 Å². The summed E-state index contributed by atoms with van der Waals surface area (Å²) < 4.78 is 0.377. The standard InChI is InChI=1S/C18H12ClNO2S2/c19-14-9-5-4-8-13(14)10-16-17(22)20(18(23)24-16)11-15(21)12-6-2-1-3-7-12/h1-10H,11H2/b16-10+. The summed E-state index contributed by atoms with van der Waals surface area (Å²) >= 11 is 12.6. The minimum Gasteiger partial charge on any atom is -0.292 e. The summed E-state index contributed by atoms with van der Waals surface area (Å²) in [6.07, 6.45) is 1.70. The molecule has 0 saturated carbocycles. The first-order valence-electron chi connectivity index (χ1n) is 7.14. The number of hydrogen-bond donors (Lipinski definition) is 0. The van der Waals surface area contributed by atoms with Crippen molar-refractivity contribution in [3.05, 3.63) is 75.7 Å². The number of thiocarbonyl (C=S) groups is 1. The summed E-state index contributed by atoms with van der Waals surface area (Å²) in [7, 11) is 0. The third kappa shape index (κ3) is 3.59. The fraction of sp³-hybridized carbons (Fsp3) is 0.0556. The first-order valence-corrected chi connectivity index (χ1v) is 8.74. The Morgan fingerprint density at radius 1 is 1.12 bits per heavy atom. The Morgan fingerprint density at radius 2 is 1.79 bits per heavy atom. The Balaban J connectivity index is 1.80. The highest BCUT2D eigenvalue weighted by atomic mass is 35.5. The maximum Gasteiger partial charge on any atom is 0.266 e. The van der Waals surface area contributed by atoms with Crippen molar-refractivity contribution in [2.24, 2.45) is 0 Å². The number of carbonyl (C=O) groups is 2. The van der Waals surface area contributed by atoms with Gasteiger partial charge in [-0.15, -0.1) is 0 Å². The van der Waals surface area contributed by atoms with Crippen LogP contribution >= 0.6 is 35.6 Å². The van der Waals surface area contributed by atoms with Crippen LogP contribution in [0.15, 0.2) is 59.5 Å². The van der Waals surface area contributed by atoms with E-state index in [0.717, 1.165) is 5.56 Å². The molecule has 0 bridgehead atoms. The average molecular weight is 374 g/mol. The van der Waals surface area contributed by atoms with Crippen LogP contribution in [0.2, 0.25) is 5.02 Å². The molecule has 0 spiro atoms. The predicted octanol–water partition coefficient (Wildman–Crippen LogP) is 4.42. The van der Waals surface area contributed by atoms with E-state index in [2.05, 4.69) is 0 Å². The van der Waals surface area contributed by atoms with Crippen LogP contribution in [0.4, 0.5) is 0 Å². The molecule has 1 fully saturated rings. The zero-order chi connectivity index (χ0) is 17.1. The molecule has 2 aromatic rings. The van der Waals surface area contributed by atoms with Crippen LogP contribution < -0.4 is 0 Å². The molecule has 6 heteroatoms. The van der Waals surface area contributed by atoms with E-state index in [4.69, 9.17) is 23.8 Å². The summed E-state index contributed by atoms with van der Waals surface area (Å²) in [4.78, 5) is 26.7. The zero-order valence-corrected chi connectivity index (χ0v) is 14.8. The van der Waals surface area contributed by atoms with Gasteiger partial charge >= 0.3 is 0 Å². The van der Waals surface area contributed by atoms with Gasteiger partial charge in [0.05, 0.1) is 11.4 Å². The number of thioether (sulfide) groups is 1. The zero-order valence-electron chi connectivity index (χ0n) is 12.4. The molecule has 0 atom stereocenters. The molecule has 3 rings (SSSR count). The molecule has 120 valence electrons.